The van der Waals surface area contributed by atoms with E-state index in [9.17, 15) is 9.18 Å². The van der Waals surface area contributed by atoms with Crippen molar-refractivity contribution in [3.05, 3.63) is 106 Å². The lowest BCUT2D eigenvalue weighted by atomic mass is 10.2. The first-order valence-corrected chi connectivity index (χ1v) is 10.6. The molecule has 3 nitrogen and oxygen atoms in total. The second-order valence-electron chi connectivity index (χ2n) is 6.71. The van der Waals surface area contributed by atoms with Crippen molar-refractivity contribution in [3.8, 4) is 5.75 Å². The fourth-order valence-corrected chi connectivity index (χ4v) is 4.28. The van der Waals surface area contributed by atoms with Gasteiger partial charge in [-0.3, -0.25) is 9.69 Å². The normalized spacial score (nSPS) is 15.1. The van der Waals surface area contributed by atoms with E-state index < -0.39 is 0 Å². The Morgan fingerprint density at radius 2 is 1.77 bits per heavy atom. The molecule has 0 spiro atoms. The number of carbonyl (C=O) groups is 1. The Morgan fingerprint density at radius 3 is 2.57 bits per heavy atom. The van der Waals surface area contributed by atoms with Gasteiger partial charge in [0.05, 0.1) is 11.4 Å². The van der Waals surface area contributed by atoms with Crippen LogP contribution in [0.3, 0.4) is 0 Å². The number of carbonyl (C=O) groups excluding carboxylic acids is 1. The zero-order valence-corrected chi connectivity index (χ0v) is 17.6. The summed E-state index contributed by atoms with van der Waals surface area (Å²) < 4.78 is 20.0. The molecule has 1 amide bonds. The number of nitrogens with zero attached hydrogens (tertiary/aromatic N) is 1. The molecule has 0 atom stereocenters. The first kappa shape index (κ1) is 20.3. The summed E-state index contributed by atoms with van der Waals surface area (Å²) in [6, 6.07) is 23.6. The van der Waals surface area contributed by atoms with Crippen molar-refractivity contribution in [1.29, 1.82) is 0 Å². The molecule has 30 heavy (non-hydrogen) atoms. The summed E-state index contributed by atoms with van der Waals surface area (Å²) in [7, 11) is 0. The molecule has 0 saturated carbocycles. The molecule has 150 valence electrons. The minimum absolute atomic E-state index is 0.105. The number of thiocarbonyl (C=S) groups is 1. The quantitative estimate of drug-likeness (QED) is 0.361. The highest BCUT2D eigenvalue weighted by Crippen LogP contribution is 2.34. The molecule has 1 fully saturated rings. The number of thioether (sulfide) groups is 1. The molecular weight excluding hydrogens is 417 g/mol. The molecule has 1 heterocycles. The third kappa shape index (κ3) is 4.78. The number of hydrogen-bond acceptors (Lipinski definition) is 4. The maximum Gasteiger partial charge on any atom is 0.266 e. The number of benzene rings is 3. The van der Waals surface area contributed by atoms with E-state index >= 15 is 0 Å². The smallest absolute Gasteiger partial charge is 0.266 e. The molecule has 1 saturated heterocycles. The maximum absolute atomic E-state index is 13.8. The molecule has 1 aliphatic heterocycles. The third-order valence-corrected chi connectivity index (χ3v) is 5.94. The minimum atomic E-state index is -0.296. The van der Waals surface area contributed by atoms with Crippen molar-refractivity contribution in [3.63, 3.8) is 0 Å². The summed E-state index contributed by atoms with van der Waals surface area (Å²) in [5, 5.41) is 0. The molecule has 0 bridgehead atoms. The lowest BCUT2D eigenvalue weighted by Gasteiger charge is -2.14. The van der Waals surface area contributed by atoms with Gasteiger partial charge in [-0.15, -0.1) is 0 Å². The molecule has 3 aromatic rings. The monoisotopic (exact) mass is 435 g/mol. The Kier molecular flexibility index (Phi) is 6.26. The zero-order valence-electron chi connectivity index (χ0n) is 16.0. The Hall–Kier alpha value is -2.96. The highest BCUT2D eigenvalue weighted by atomic mass is 32.2. The maximum atomic E-state index is 13.8. The molecule has 6 heteroatoms. The van der Waals surface area contributed by atoms with Crippen molar-refractivity contribution < 1.29 is 13.9 Å². The summed E-state index contributed by atoms with van der Waals surface area (Å²) in [6.07, 6.45) is 1.81. The zero-order chi connectivity index (χ0) is 20.9. The first-order valence-electron chi connectivity index (χ1n) is 9.36. The average Bonchev–Trinajstić information content (AvgIpc) is 3.01. The Balaban J connectivity index is 1.47. The second kappa shape index (κ2) is 9.24. The predicted octanol–water partition coefficient (Wildman–Crippen LogP) is 5.81. The number of hydrogen-bond donors (Lipinski definition) is 0. The molecule has 0 N–H and O–H groups in total. The van der Waals surface area contributed by atoms with Crippen molar-refractivity contribution in [2.24, 2.45) is 0 Å². The molecule has 0 radical (unpaired) electrons. The van der Waals surface area contributed by atoms with Gasteiger partial charge in [0.25, 0.3) is 5.91 Å². The lowest BCUT2D eigenvalue weighted by molar-refractivity contribution is -0.122. The summed E-state index contributed by atoms with van der Waals surface area (Å²) in [5.41, 5.74) is 2.34. The van der Waals surface area contributed by atoms with E-state index in [2.05, 4.69) is 0 Å². The van der Waals surface area contributed by atoms with Gasteiger partial charge >= 0.3 is 0 Å². The van der Waals surface area contributed by atoms with Gasteiger partial charge in [0.2, 0.25) is 0 Å². The molecule has 4 rings (SSSR count). The van der Waals surface area contributed by atoms with Crippen molar-refractivity contribution in [2.45, 2.75) is 13.2 Å². The topological polar surface area (TPSA) is 29.5 Å². The molecule has 0 aromatic heterocycles. The summed E-state index contributed by atoms with van der Waals surface area (Å²) in [4.78, 5) is 15.0. The number of rotatable bonds is 6. The van der Waals surface area contributed by atoms with Gasteiger partial charge in [-0.2, -0.15) is 0 Å². The SMILES string of the molecule is O=C1C(=Cc2cccc(OCc3ccccc3F)c2)SC(=S)N1Cc1ccccc1. The van der Waals surface area contributed by atoms with Crippen LogP contribution < -0.4 is 4.74 Å². The van der Waals surface area contributed by atoms with Crippen LogP contribution in [0, 0.1) is 5.82 Å². The average molecular weight is 436 g/mol. The Labute approximate surface area is 184 Å². The minimum Gasteiger partial charge on any atom is -0.489 e. The van der Waals surface area contributed by atoms with Crippen molar-refractivity contribution in [2.75, 3.05) is 0 Å². The van der Waals surface area contributed by atoms with Gasteiger partial charge in [0.15, 0.2) is 0 Å². The molecular formula is C24H18FNO2S2. The van der Waals surface area contributed by atoms with Gasteiger partial charge in [-0.1, -0.05) is 84.6 Å². The second-order valence-corrected chi connectivity index (χ2v) is 8.38. The van der Waals surface area contributed by atoms with Gasteiger partial charge in [0.1, 0.15) is 22.5 Å². The summed E-state index contributed by atoms with van der Waals surface area (Å²) in [5.74, 6) is 0.203. The van der Waals surface area contributed by atoms with Crippen LogP contribution >= 0.6 is 24.0 Å². The van der Waals surface area contributed by atoms with Crippen LogP contribution in [0.15, 0.2) is 83.8 Å². The van der Waals surface area contributed by atoms with Gasteiger partial charge in [-0.25, -0.2) is 4.39 Å². The Bertz CT molecular complexity index is 1110. The highest BCUT2D eigenvalue weighted by molar-refractivity contribution is 8.26. The molecule has 0 aliphatic carbocycles. The van der Waals surface area contributed by atoms with E-state index in [0.29, 0.717) is 27.1 Å². The number of amides is 1. The standard InChI is InChI=1S/C24H18FNO2S2/c25-21-12-5-4-10-19(21)16-28-20-11-6-9-18(13-20)14-22-23(27)26(24(29)30-22)15-17-7-2-1-3-8-17/h1-14H,15-16H2. The fraction of sp³-hybridized carbons (Fsp3) is 0.0833. The van der Waals surface area contributed by atoms with E-state index in [1.165, 1.54) is 17.8 Å². The number of halogens is 1. The van der Waals surface area contributed by atoms with Crippen LogP contribution in [0.1, 0.15) is 16.7 Å². The van der Waals surface area contributed by atoms with Crippen molar-refractivity contribution in [1.82, 2.24) is 4.90 Å². The van der Waals surface area contributed by atoms with Gasteiger partial charge < -0.3 is 4.74 Å². The number of ether oxygens (including phenoxy) is 1. The molecule has 0 unspecified atom stereocenters. The van der Waals surface area contributed by atoms with Crippen LogP contribution in [-0.2, 0) is 17.9 Å². The van der Waals surface area contributed by atoms with Crippen LogP contribution in [-0.4, -0.2) is 15.1 Å². The largest absolute Gasteiger partial charge is 0.489 e. The molecule has 1 aliphatic rings. The van der Waals surface area contributed by atoms with Crippen LogP contribution in [0.25, 0.3) is 6.08 Å². The summed E-state index contributed by atoms with van der Waals surface area (Å²) >= 11 is 6.70. The fourth-order valence-electron chi connectivity index (χ4n) is 3.02. The van der Waals surface area contributed by atoms with E-state index in [0.717, 1.165) is 11.1 Å². The van der Waals surface area contributed by atoms with Crippen LogP contribution in [0.4, 0.5) is 4.39 Å². The van der Waals surface area contributed by atoms with E-state index in [1.54, 1.807) is 35.2 Å². The van der Waals surface area contributed by atoms with Gasteiger partial charge in [0, 0.05) is 5.56 Å². The lowest BCUT2D eigenvalue weighted by Crippen LogP contribution is -2.27. The first-order chi connectivity index (χ1) is 14.6. The molecule has 3 aromatic carbocycles. The van der Waals surface area contributed by atoms with Crippen molar-refractivity contribution >= 4 is 40.3 Å². The van der Waals surface area contributed by atoms with E-state index in [1.807, 2.05) is 48.5 Å². The summed E-state index contributed by atoms with van der Waals surface area (Å²) in [6.45, 7) is 0.587. The Morgan fingerprint density at radius 1 is 1.00 bits per heavy atom. The van der Waals surface area contributed by atoms with E-state index in [4.69, 9.17) is 17.0 Å². The van der Waals surface area contributed by atoms with Crippen LogP contribution in [0.5, 0.6) is 5.75 Å². The van der Waals surface area contributed by atoms with E-state index in [-0.39, 0.29) is 18.3 Å². The van der Waals surface area contributed by atoms with Gasteiger partial charge in [-0.05, 0) is 35.4 Å². The van der Waals surface area contributed by atoms with Crippen LogP contribution in [0.2, 0.25) is 0 Å². The highest BCUT2D eigenvalue weighted by Gasteiger charge is 2.31. The predicted molar refractivity (Wildman–Crippen MR) is 122 cm³/mol. The third-order valence-electron chi connectivity index (χ3n) is 4.57.